The zero-order chi connectivity index (χ0) is 12.6. The summed E-state index contributed by atoms with van der Waals surface area (Å²) < 4.78 is 0. The van der Waals surface area contributed by atoms with Crippen LogP contribution < -0.4 is 11.3 Å². The minimum atomic E-state index is -0.0951. The molecule has 0 aliphatic heterocycles. The molecule has 0 radical (unpaired) electrons. The lowest BCUT2D eigenvalue weighted by Gasteiger charge is -1.99. The molecule has 2 heterocycles. The van der Waals surface area contributed by atoms with E-state index in [2.05, 4.69) is 9.97 Å². The molecule has 0 aliphatic carbocycles. The standard InChI is InChI=1S/C10H11N3OS3/c1-4-5(2)17-9-7(4)8(14)12-10(13-9)16-3-6(11)15/h3H2,1-2H3,(H2,11,15)(H,12,13,14). The van der Waals surface area contributed by atoms with E-state index in [0.29, 0.717) is 21.3 Å². The van der Waals surface area contributed by atoms with Gasteiger partial charge in [0.25, 0.3) is 5.56 Å². The normalized spacial score (nSPS) is 10.9. The van der Waals surface area contributed by atoms with Crippen LogP contribution in [0.2, 0.25) is 0 Å². The van der Waals surface area contributed by atoms with E-state index in [4.69, 9.17) is 18.0 Å². The highest BCUT2D eigenvalue weighted by atomic mass is 32.2. The van der Waals surface area contributed by atoms with Gasteiger partial charge in [-0.1, -0.05) is 24.0 Å². The van der Waals surface area contributed by atoms with Crippen LogP contribution in [-0.2, 0) is 0 Å². The van der Waals surface area contributed by atoms with E-state index in [-0.39, 0.29) is 5.56 Å². The molecule has 0 aliphatic rings. The van der Waals surface area contributed by atoms with Crippen molar-refractivity contribution >= 4 is 50.5 Å². The number of nitrogens with two attached hydrogens (primary N) is 1. The van der Waals surface area contributed by atoms with Gasteiger partial charge in [0, 0.05) is 4.88 Å². The van der Waals surface area contributed by atoms with E-state index in [1.807, 2.05) is 13.8 Å². The molecule has 2 aromatic rings. The van der Waals surface area contributed by atoms with Gasteiger partial charge in [-0.05, 0) is 19.4 Å². The molecule has 0 amide bonds. The minimum Gasteiger partial charge on any atom is -0.393 e. The van der Waals surface area contributed by atoms with E-state index < -0.39 is 0 Å². The molecule has 0 bridgehead atoms. The number of thiophene rings is 1. The predicted octanol–water partition coefficient (Wildman–Crippen LogP) is 1.98. The number of aromatic amines is 1. The van der Waals surface area contributed by atoms with E-state index in [1.165, 1.54) is 23.1 Å². The van der Waals surface area contributed by atoms with Crippen molar-refractivity contribution in [3.8, 4) is 0 Å². The molecular formula is C10H11N3OS3. The fraction of sp³-hybridized carbons (Fsp3) is 0.300. The maximum atomic E-state index is 11.9. The first-order valence-electron chi connectivity index (χ1n) is 4.90. The quantitative estimate of drug-likeness (QED) is 0.512. The SMILES string of the molecule is Cc1sc2nc(SCC(N)=S)[nH]c(=O)c2c1C. The minimum absolute atomic E-state index is 0.0951. The summed E-state index contributed by atoms with van der Waals surface area (Å²) in [4.78, 5) is 21.4. The number of thioether (sulfide) groups is 1. The lowest BCUT2D eigenvalue weighted by atomic mass is 10.2. The molecule has 0 saturated carbocycles. The summed E-state index contributed by atoms with van der Waals surface area (Å²) in [5.41, 5.74) is 6.32. The van der Waals surface area contributed by atoms with Crippen LogP contribution >= 0.6 is 35.3 Å². The van der Waals surface area contributed by atoms with E-state index in [0.717, 1.165) is 15.3 Å². The first-order valence-corrected chi connectivity index (χ1v) is 7.11. The summed E-state index contributed by atoms with van der Waals surface area (Å²) in [6, 6.07) is 0. The molecule has 0 spiro atoms. The van der Waals surface area contributed by atoms with Gasteiger partial charge in [-0.15, -0.1) is 11.3 Å². The highest BCUT2D eigenvalue weighted by Gasteiger charge is 2.11. The predicted molar refractivity (Wildman–Crippen MR) is 77.2 cm³/mol. The summed E-state index contributed by atoms with van der Waals surface area (Å²) in [6.45, 7) is 3.93. The van der Waals surface area contributed by atoms with Crippen molar-refractivity contribution in [3.63, 3.8) is 0 Å². The third kappa shape index (κ3) is 2.51. The molecular weight excluding hydrogens is 274 g/mol. The van der Waals surface area contributed by atoms with Crippen LogP contribution in [0.15, 0.2) is 9.95 Å². The zero-order valence-corrected chi connectivity index (χ0v) is 11.8. The molecule has 90 valence electrons. The summed E-state index contributed by atoms with van der Waals surface area (Å²) in [6.07, 6.45) is 0. The molecule has 0 saturated heterocycles. The second kappa shape index (κ2) is 4.75. The third-order valence-corrected chi connectivity index (χ3v) is 4.72. The maximum absolute atomic E-state index is 11.9. The lowest BCUT2D eigenvalue weighted by molar-refractivity contribution is 0.981. The number of aryl methyl sites for hydroxylation is 2. The molecule has 0 unspecified atom stereocenters. The largest absolute Gasteiger partial charge is 0.393 e. The van der Waals surface area contributed by atoms with Crippen molar-refractivity contribution < 1.29 is 0 Å². The van der Waals surface area contributed by atoms with Gasteiger partial charge in [0.15, 0.2) is 5.16 Å². The second-order valence-electron chi connectivity index (χ2n) is 3.59. The molecule has 2 rings (SSSR count). The molecule has 17 heavy (non-hydrogen) atoms. The maximum Gasteiger partial charge on any atom is 0.260 e. The van der Waals surface area contributed by atoms with Crippen molar-refractivity contribution in [1.29, 1.82) is 0 Å². The summed E-state index contributed by atoms with van der Waals surface area (Å²) in [5.74, 6) is 0.479. The van der Waals surface area contributed by atoms with Crippen LogP contribution in [0.5, 0.6) is 0 Å². The Balaban J connectivity index is 2.49. The van der Waals surface area contributed by atoms with Gasteiger partial charge < -0.3 is 10.7 Å². The summed E-state index contributed by atoms with van der Waals surface area (Å²) >= 11 is 7.67. The number of rotatable bonds is 3. The zero-order valence-electron chi connectivity index (χ0n) is 9.36. The Bertz CT molecular complexity index is 644. The molecule has 4 nitrogen and oxygen atoms in total. The van der Waals surface area contributed by atoms with E-state index in [1.54, 1.807) is 0 Å². The van der Waals surface area contributed by atoms with Crippen LogP contribution in [-0.4, -0.2) is 20.7 Å². The molecule has 3 N–H and O–H groups in total. The number of fused-ring (bicyclic) bond motifs is 1. The molecule has 0 fully saturated rings. The van der Waals surface area contributed by atoms with Gasteiger partial charge in [0.1, 0.15) is 4.83 Å². The van der Waals surface area contributed by atoms with E-state index >= 15 is 0 Å². The number of hydrogen-bond donors (Lipinski definition) is 2. The van der Waals surface area contributed by atoms with Crippen molar-refractivity contribution in [2.75, 3.05) is 5.75 Å². The third-order valence-electron chi connectivity index (χ3n) is 2.37. The van der Waals surface area contributed by atoms with Gasteiger partial charge in [0.2, 0.25) is 0 Å². The highest BCUT2D eigenvalue weighted by Crippen LogP contribution is 2.27. The Hall–Kier alpha value is -0.920. The number of aromatic nitrogens is 2. The average Bonchev–Trinajstić information content (AvgIpc) is 2.52. The van der Waals surface area contributed by atoms with E-state index in [9.17, 15) is 4.79 Å². The van der Waals surface area contributed by atoms with Gasteiger partial charge >= 0.3 is 0 Å². The van der Waals surface area contributed by atoms with Crippen LogP contribution in [0.3, 0.4) is 0 Å². The number of nitrogens with one attached hydrogen (secondary N) is 1. The van der Waals surface area contributed by atoms with Gasteiger partial charge in [-0.2, -0.15) is 0 Å². The topological polar surface area (TPSA) is 71.8 Å². The van der Waals surface area contributed by atoms with Crippen LogP contribution in [0.4, 0.5) is 0 Å². The first-order chi connectivity index (χ1) is 7.99. The Morgan fingerprint density at radius 3 is 2.94 bits per heavy atom. The number of thiocarbonyl (C=S) groups is 1. The molecule has 2 aromatic heterocycles. The van der Waals surface area contributed by atoms with Crippen molar-refractivity contribution in [1.82, 2.24) is 9.97 Å². The van der Waals surface area contributed by atoms with Crippen molar-refractivity contribution in [2.24, 2.45) is 5.73 Å². The Morgan fingerprint density at radius 1 is 1.59 bits per heavy atom. The second-order valence-corrected chi connectivity index (χ2v) is 6.28. The van der Waals surface area contributed by atoms with Crippen molar-refractivity contribution in [2.45, 2.75) is 19.0 Å². The first kappa shape index (κ1) is 12.5. The van der Waals surface area contributed by atoms with Crippen LogP contribution in [0.25, 0.3) is 10.2 Å². The smallest absolute Gasteiger partial charge is 0.260 e. The monoisotopic (exact) mass is 285 g/mol. The van der Waals surface area contributed by atoms with Crippen LogP contribution in [0.1, 0.15) is 10.4 Å². The van der Waals surface area contributed by atoms with Crippen molar-refractivity contribution in [3.05, 3.63) is 20.8 Å². The lowest BCUT2D eigenvalue weighted by Crippen LogP contribution is -2.13. The molecule has 0 atom stereocenters. The summed E-state index contributed by atoms with van der Waals surface area (Å²) in [7, 11) is 0. The fourth-order valence-corrected chi connectivity index (χ4v) is 3.31. The summed E-state index contributed by atoms with van der Waals surface area (Å²) in [5, 5.41) is 1.25. The van der Waals surface area contributed by atoms with Gasteiger partial charge in [0.05, 0.1) is 16.1 Å². The highest BCUT2D eigenvalue weighted by molar-refractivity contribution is 8.00. The molecule has 0 aromatic carbocycles. The Morgan fingerprint density at radius 2 is 2.29 bits per heavy atom. The van der Waals surface area contributed by atoms with Crippen LogP contribution in [0, 0.1) is 13.8 Å². The number of H-pyrrole nitrogens is 1. The fourth-order valence-electron chi connectivity index (χ4n) is 1.44. The Kier molecular flexibility index (Phi) is 3.50. The number of nitrogens with zero attached hydrogens (tertiary/aromatic N) is 1. The Labute approximate surface area is 112 Å². The number of hydrogen-bond acceptors (Lipinski definition) is 5. The van der Waals surface area contributed by atoms with Gasteiger partial charge in [-0.25, -0.2) is 4.98 Å². The van der Waals surface area contributed by atoms with Gasteiger partial charge in [-0.3, -0.25) is 4.79 Å². The molecule has 7 heteroatoms. The average molecular weight is 285 g/mol.